The number of ketones is 1. The van der Waals surface area contributed by atoms with Gasteiger partial charge in [0, 0.05) is 22.8 Å². The molecule has 20 heavy (non-hydrogen) atoms. The number of benzene rings is 1. The van der Waals surface area contributed by atoms with Crippen molar-refractivity contribution in [1.82, 2.24) is 9.78 Å². The van der Waals surface area contributed by atoms with Crippen molar-refractivity contribution in [2.24, 2.45) is 0 Å². The van der Waals surface area contributed by atoms with E-state index in [1.165, 1.54) is 5.69 Å². The van der Waals surface area contributed by atoms with Gasteiger partial charge in [0.1, 0.15) is 0 Å². The largest absolute Gasteiger partial charge is 0.295 e. The summed E-state index contributed by atoms with van der Waals surface area (Å²) in [5.41, 5.74) is 2.96. The Bertz CT molecular complexity index is 637. The number of halogens is 1. The normalized spacial score (nSPS) is 10.8. The summed E-state index contributed by atoms with van der Waals surface area (Å²) in [6.45, 7) is 6.54. The number of carbonyl (C=O) groups excluding carboxylic acids is 1. The molecule has 1 aromatic carbocycles. The number of hydrogen-bond acceptors (Lipinski definition) is 3. The summed E-state index contributed by atoms with van der Waals surface area (Å²) in [4.78, 5) is 12.5. The first-order valence-electron chi connectivity index (χ1n) is 6.48. The Kier molecular flexibility index (Phi) is 5.05. The van der Waals surface area contributed by atoms with Gasteiger partial charge < -0.3 is 0 Å². The number of thioether (sulfide) groups is 1. The Hall–Kier alpha value is -1.07. The number of aryl methyl sites for hydroxylation is 2. The SMILES string of the molecule is CCn1nc(C)c(Br)c1CSc1cccc(C(C)=O)c1. The van der Waals surface area contributed by atoms with E-state index in [1.54, 1.807) is 18.7 Å². The monoisotopic (exact) mass is 352 g/mol. The van der Waals surface area contributed by atoms with Crippen molar-refractivity contribution in [1.29, 1.82) is 0 Å². The van der Waals surface area contributed by atoms with E-state index in [-0.39, 0.29) is 5.78 Å². The lowest BCUT2D eigenvalue weighted by molar-refractivity contribution is 0.101. The fraction of sp³-hybridized carbons (Fsp3) is 0.333. The topological polar surface area (TPSA) is 34.9 Å². The van der Waals surface area contributed by atoms with Crippen LogP contribution in [0.3, 0.4) is 0 Å². The van der Waals surface area contributed by atoms with Crippen LogP contribution in [0.25, 0.3) is 0 Å². The second-order valence-corrected chi connectivity index (χ2v) is 6.38. The molecule has 0 aliphatic heterocycles. The van der Waals surface area contributed by atoms with E-state index < -0.39 is 0 Å². The number of hydrogen-bond donors (Lipinski definition) is 0. The molecule has 5 heteroatoms. The Labute approximate surface area is 131 Å². The Balaban J connectivity index is 2.16. The molecule has 106 valence electrons. The van der Waals surface area contributed by atoms with Crippen LogP contribution in [-0.2, 0) is 12.3 Å². The highest BCUT2D eigenvalue weighted by atomic mass is 79.9. The molecule has 0 aliphatic rings. The van der Waals surface area contributed by atoms with E-state index in [4.69, 9.17) is 0 Å². The molecule has 2 rings (SSSR count). The van der Waals surface area contributed by atoms with Crippen molar-refractivity contribution in [3.8, 4) is 0 Å². The van der Waals surface area contributed by atoms with Gasteiger partial charge in [0.05, 0.1) is 15.9 Å². The molecule has 0 N–H and O–H groups in total. The lowest BCUT2D eigenvalue weighted by Crippen LogP contribution is -2.01. The first-order valence-corrected chi connectivity index (χ1v) is 8.26. The molecule has 0 spiro atoms. The van der Waals surface area contributed by atoms with Crippen molar-refractivity contribution in [3.63, 3.8) is 0 Å². The van der Waals surface area contributed by atoms with Gasteiger partial charge in [0.15, 0.2) is 5.78 Å². The van der Waals surface area contributed by atoms with Crippen LogP contribution < -0.4 is 0 Å². The number of aromatic nitrogens is 2. The molecule has 0 atom stereocenters. The fourth-order valence-corrected chi connectivity index (χ4v) is 3.56. The molecule has 3 nitrogen and oxygen atoms in total. The maximum Gasteiger partial charge on any atom is 0.159 e. The summed E-state index contributed by atoms with van der Waals surface area (Å²) in [6, 6.07) is 7.75. The zero-order valence-electron chi connectivity index (χ0n) is 11.8. The van der Waals surface area contributed by atoms with Crippen LogP contribution in [0.5, 0.6) is 0 Å². The molecule has 0 fully saturated rings. The Morgan fingerprint density at radius 3 is 2.85 bits per heavy atom. The highest BCUT2D eigenvalue weighted by Gasteiger charge is 2.12. The van der Waals surface area contributed by atoms with E-state index in [0.29, 0.717) is 0 Å². The molecule has 1 aromatic heterocycles. The quantitative estimate of drug-likeness (QED) is 0.588. The minimum absolute atomic E-state index is 0.100. The van der Waals surface area contributed by atoms with Gasteiger partial charge in [-0.3, -0.25) is 9.48 Å². The summed E-state index contributed by atoms with van der Waals surface area (Å²) in [5, 5.41) is 4.49. The molecule has 1 heterocycles. The number of nitrogens with zero attached hydrogens (tertiary/aromatic N) is 2. The zero-order chi connectivity index (χ0) is 14.7. The van der Waals surface area contributed by atoms with Gasteiger partial charge in [0.2, 0.25) is 0 Å². The van der Waals surface area contributed by atoms with Gasteiger partial charge in [-0.25, -0.2) is 0 Å². The molecule has 0 bridgehead atoms. The summed E-state index contributed by atoms with van der Waals surface area (Å²) in [6.07, 6.45) is 0. The average molecular weight is 353 g/mol. The van der Waals surface area contributed by atoms with Crippen LogP contribution in [0.1, 0.15) is 35.6 Å². The molecule has 0 aliphatic carbocycles. The van der Waals surface area contributed by atoms with Crippen LogP contribution in [0.2, 0.25) is 0 Å². The van der Waals surface area contributed by atoms with Crippen molar-refractivity contribution in [2.75, 3.05) is 0 Å². The smallest absolute Gasteiger partial charge is 0.159 e. The molecule has 0 amide bonds. The predicted octanol–water partition coefficient (Wildman–Crippen LogP) is 4.47. The number of carbonyl (C=O) groups is 1. The number of Topliss-reactive ketones (excluding diaryl/α,β-unsaturated/α-hetero) is 1. The first kappa shape index (κ1) is 15.3. The second kappa shape index (κ2) is 6.59. The minimum Gasteiger partial charge on any atom is -0.295 e. The van der Waals surface area contributed by atoms with Crippen molar-refractivity contribution >= 4 is 33.5 Å². The van der Waals surface area contributed by atoms with Crippen LogP contribution >= 0.6 is 27.7 Å². The van der Waals surface area contributed by atoms with Crippen molar-refractivity contribution in [2.45, 2.75) is 38.0 Å². The standard InChI is InChI=1S/C15H17BrN2OS/c1-4-18-14(15(16)10(2)17-18)9-20-13-7-5-6-12(8-13)11(3)19/h5-8H,4,9H2,1-3H3. The summed E-state index contributed by atoms with van der Waals surface area (Å²) in [7, 11) is 0. The van der Waals surface area contributed by atoms with Crippen LogP contribution in [0, 0.1) is 6.92 Å². The fourth-order valence-electron chi connectivity index (χ4n) is 1.96. The molecular formula is C15H17BrN2OS. The van der Waals surface area contributed by atoms with Gasteiger partial charge in [-0.05, 0) is 48.8 Å². The highest BCUT2D eigenvalue weighted by molar-refractivity contribution is 9.10. The van der Waals surface area contributed by atoms with E-state index >= 15 is 0 Å². The highest BCUT2D eigenvalue weighted by Crippen LogP contribution is 2.29. The Morgan fingerprint density at radius 1 is 1.45 bits per heavy atom. The van der Waals surface area contributed by atoms with Crippen LogP contribution in [-0.4, -0.2) is 15.6 Å². The van der Waals surface area contributed by atoms with Crippen molar-refractivity contribution < 1.29 is 4.79 Å². The van der Waals surface area contributed by atoms with E-state index in [1.807, 2.05) is 35.9 Å². The minimum atomic E-state index is 0.100. The first-order chi connectivity index (χ1) is 9.52. The summed E-state index contributed by atoms with van der Waals surface area (Å²) >= 11 is 5.32. The maximum atomic E-state index is 11.4. The van der Waals surface area contributed by atoms with E-state index in [0.717, 1.165) is 32.9 Å². The van der Waals surface area contributed by atoms with E-state index in [9.17, 15) is 4.79 Å². The van der Waals surface area contributed by atoms with Gasteiger partial charge in [0.25, 0.3) is 0 Å². The summed E-state index contributed by atoms with van der Waals surface area (Å²) in [5.74, 6) is 0.930. The van der Waals surface area contributed by atoms with Gasteiger partial charge in [-0.1, -0.05) is 12.1 Å². The Morgan fingerprint density at radius 2 is 2.20 bits per heavy atom. The molecule has 0 saturated carbocycles. The maximum absolute atomic E-state index is 11.4. The van der Waals surface area contributed by atoms with Crippen LogP contribution in [0.15, 0.2) is 33.6 Å². The molecule has 0 unspecified atom stereocenters. The molecule has 0 saturated heterocycles. The van der Waals surface area contributed by atoms with Crippen LogP contribution in [0.4, 0.5) is 0 Å². The van der Waals surface area contributed by atoms with E-state index in [2.05, 4.69) is 28.0 Å². The number of rotatable bonds is 5. The lowest BCUT2D eigenvalue weighted by Gasteiger charge is -2.06. The third-order valence-corrected chi connectivity index (χ3v) is 5.11. The third-order valence-electron chi connectivity index (χ3n) is 3.07. The zero-order valence-corrected chi connectivity index (χ0v) is 14.2. The lowest BCUT2D eigenvalue weighted by atomic mass is 10.2. The van der Waals surface area contributed by atoms with Gasteiger partial charge in [-0.15, -0.1) is 11.8 Å². The third kappa shape index (κ3) is 3.33. The molecular weight excluding hydrogens is 336 g/mol. The second-order valence-electron chi connectivity index (χ2n) is 4.53. The summed E-state index contributed by atoms with van der Waals surface area (Å²) < 4.78 is 3.09. The van der Waals surface area contributed by atoms with Crippen molar-refractivity contribution in [3.05, 3.63) is 45.7 Å². The molecule has 2 aromatic rings. The molecule has 0 radical (unpaired) electrons. The predicted molar refractivity (Wildman–Crippen MR) is 86.3 cm³/mol. The van der Waals surface area contributed by atoms with Gasteiger partial charge >= 0.3 is 0 Å². The van der Waals surface area contributed by atoms with Gasteiger partial charge in [-0.2, -0.15) is 5.10 Å². The average Bonchev–Trinajstić information content (AvgIpc) is 2.72.